The average molecular weight is 587 g/mol. The van der Waals surface area contributed by atoms with Gasteiger partial charge in [0.1, 0.15) is 22.8 Å². The second-order valence-electron chi connectivity index (χ2n) is 9.61. The molecule has 1 fully saturated rings. The number of aromatic nitrogens is 2. The summed E-state index contributed by atoms with van der Waals surface area (Å²) in [4.78, 5) is 60.5. The number of nitrogen functional groups attached to an aromatic ring is 1. The number of esters is 2. The van der Waals surface area contributed by atoms with Crippen molar-refractivity contribution in [2.75, 3.05) is 18.3 Å². The molecule has 2 aliphatic rings. The zero-order chi connectivity index (χ0) is 29.0. The molecule has 40 heavy (non-hydrogen) atoms. The van der Waals surface area contributed by atoms with Crippen LogP contribution in [0.1, 0.15) is 32.0 Å². The van der Waals surface area contributed by atoms with Crippen LogP contribution in [0.2, 0.25) is 0 Å². The normalized spacial score (nSPS) is 19.2. The van der Waals surface area contributed by atoms with E-state index in [1.165, 1.54) is 22.0 Å². The minimum Gasteiger partial charge on any atom is -0.427 e. The van der Waals surface area contributed by atoms with Gasteiger partial charge in [-0.25, -0.2) is 9.78 Å². The Labute approximate surface area is 237 Å². The Balaban J connectivity index is 1.54. The third kappa shape index (κ3) is 6.15. The van der Waals surface area contributed by atoms with E-state index in [1.54, 1.807) is 51.4 Å². The zero-order valence-corrected chi connectivity index (χ0v) is 23.3. The molecular formula is C25H26N6O7S2. The summed E-state index contributed by atoms with van der Waals surface area (Å²) in [6.45, 7) is 4.35. The van der Waals surface area contributed by atoms with Crippen LogP contribution in [0.5, 0.6) is 0 Å². The molecule has 0 unspecified atom stereocenters. The number of β-lactam (4-membered cyclic amide) rings is 1. The van der Waals surface area contributed by atoms with Gasteiger partial charge in [-0.15, -0.1) is 23.1 Å². The van der Waals surface area contributed by atoms with Gasteiger partial charge in [-0.3, -0.25) is 24.3 Å². The fraction of sp³-hybridized carbons (Fsp3) is 0.320. The molecule has 0 radical (unpaired) electrons. The fourth-order valence-corrected chi connectivity index (χ4v) is 5.54. The summed E-state index contributed by atoms with van der Waals surface area (Å²) < 4.78 is 10.3. The molecule has 0 aromatic carbocycles. The summed E-state index contributed by atoms with van der Waals surface area (Å²) >= 11 is 2.37. The van der Waals surface area contributed by atoms with Crippen molar-refractivity contribution in [2.24, 2.45) is 10.6 Å². The zero-order valence-electron chi connectivity index (χ0n) is 21.7. The molecule has 2 aromatic rings. The maximum Gasteiger partial charge on any atom is 0.358 e. The Morgan fingerprint density at radius 1 is 1.30 bits per heavy atom. The number of rotatable bonds is 8. The molecule has 0 bridgehead atoms. The number of hydrogen-bond acceptors (Lipinski definition) is 13. The van der Waals surface area contributed by atoms with Gasteiger partial charge in [0.25, 0.3) is 11.8 Å². The molecule has 15 heteroatoms. The molecule has 0 aliphatic carbocycles. The minimum atomic E-state index is -1.02. The number of fused-ring (bicyclic) bond motifs is 1. The lowest BCUT2D eigenvalue weighted by atomic mass is 9.98. The Morgan fingerprint density at radius 3 is 2.70 bits per heavy atom. The SMILES string of the molecule is CC(C)(C)C(=O)OCOC(=O)C1=C(/C=C\c2cccnc2)CS[C@@H]2[C@H](NC(=O)C(=NO)c3csc(N)n3)C(=O)N12. The molecule has 2 atom stereocenters. The highest BCUT2D eigenvalue weighted by atomic mass is 32.2. The summed E-state index contributed by atoms with van der Waals surface area (Å²) in [6.07, 6.45) is 6.68. The van der Waals surface area contributed by atoms with E-state index in [-0.39, 0.29) is 16.5 Å². The van der Waals surface area contributed by atoms with Crippen LogP contribution in [0.15, 0.2) is 52.4 Å². The second kappa shape index (κ2) is 11.9. The van der Waals surface area contributed by atoms with E-state index >= 15 is 0 Å². The Morgan fingerprint density at radius 2 is 2.08 bits per heavy atom. The molecule has 13 nitrogen and oxygen atoms in total. The summed E-state index contributed by atoms with van der Waals surface area (Å²) in [6, 6.07) is 2.56. The van der Waals surface area contributed by atoms with Gasteiger partial charge in [0.15, 0.2) is 10.8 Å². The van der Waals surface area contributed by atoms with Crippen LogP contribution in [-0.4, -0.2) is 73.5 Å². The molecule has 210 valence electrons. The largest absolute Gasteiger partial charge is 0.427 e. The van der Waals surface area contributed by atoms with Gasteiger partial charge in [0.05, 0.1) is 5.41 Å². The van der Waals surface area contributed by atoms with Gasteiger partial charge in [0, 0.05) is 23.5 Å². The average Bonchev–Trinajstić information content (AvgIpc) is 3.35. The lowest BCUT2D eigenvalue weighted by Crippen LogP contribution is -2.71. The number of thiazole rings is 1. The molecule has 2 aliphatic heterocycles. The van der Waals surface area contributed by atoms with Gasteiger partial charge >= 0.3 is 11.9 Å². The van der Waals surface area contributed by atoms with Crippen molar-refractivity contribution in [3.8, 4) is 0 Å². The van der Waals surface area contributed by atoms with E-state index in [9.17, 15) is 24.4 Å². The molecule has 4 N–H and O–H groups in total. The molecule has 1 saturated heterocycles. The number of anilines is 1. The first-order valence-electron chi connectivity index (χ1n) is 11.9. The molecule has 4 heterocycles. The smallest absolute Gasteiger partial charge is 0.358 e. The number of nitrogens with one attached hydrogen (secondary N) is 1. The lowest BCUT2D eigenvalue weighted by molar-refractivity contribution is -0.173. The number of ether oxygens (including phenoxy) is 2. The van der Waals surface area contributed by atoms with Crippen molar-refractivity contribution in [1.29, 1.82) is 0 Å². The Hall–Kier alpha value is -4.24. The summed E-state index contributed by atoms with van der Waals surface area (Å²) in [5.74, 6) is -2.55. The molecular weight excluding hydrogens is 560 g/mol. The minimum absolute atomic E-state index is 0.0329. The quantitative estimate of drug-likeness (QED) is 0.102. The summed E-state index contributed by atoms with van der Waals surface area (Å²) in [5.41, 5.74) is 5.68. The van der Waals surface area contributed by atoms with E-state index in [0.29, 0.717) is 11.3 Å². The van der Waals surface area contributed by atoms with Crippen molar-refractivity contribution in [2.45, 2.75) is 32.2 Å². The number of amides is 2. The van der Waals surface area contributed by atoms with E-state index in [1.807, 2.05) is 6.07 Å². The fourth-order valence-electron chi connectivity index (χ4n) is 3.67. The van der Waals surface area contributed by atoms with E-state index < -0.39 is 53.1 Å². The number of carbonyl (C=O) groups excluding carboxylic acids is 4. The van der Waals surface area contributed by atoms with E-state index in [0.717, 1.165) is 16.9 Å². The highest BCUT2D eigenvalue weighted by Gasteiger charge is 2.54. The Bertz CT molecular complexity index is 1410. The van der Waals surface area contributed by atoms with Crippen LogP contribution in [0.3, 0.4) is 0 Å². The Kier molecular flexibility index (Phi) is 8.54. The number of pyridine rings is 1. The second-order valence-corrected chi connectivity index (χ2v) is 11.6. The number of nitrogens with zero attached hydrogens (tertiary/aromatic N) is 4. The number of thioether (sulfide) groups is 1. The van der Waals surface area contributed by atoms with Gasteiger partial charge in [-0.2, -0.15) is 0 Å². The summed E-state index contributed by atoms with van der Waals surface area (Å²) in [7, 11) is 0. The van der Waals surface area contributed by atoms with Gasteiger partial charge in [-0.05, 0) is 38.0 Å². The third-order valence-electron chi connectivity index (χ3n) is 5.71. The molecule has 0 saturated carbocycles. The molecule has 0 spiro atoms. The monoisotopic (exact) mass is 586 g/mol. The third-order valence-corrected chi connectivity index (χ3v) is 7.69. The van der Waals surface area contributed by atoms with Crippen LogP contribution < -0.4 is 11.1 Å². The van der Waals surface area contributed by atoms with Crippen molar-refractivity contribution < 1.29 is 33.9 Å². The van der Waals surface area contributed by atoms with Crippen LogP contribution in [0.4, 0.5) is 5.13 Å². The van der Waals surface area contributed by atoms with Crippen molar-refractivity contribution in [1.82, 2.24) is 20.2 Å². The van der Waals surface area contributed by atoms with E-state index in [2.05, 4.69) is 20.4 Å². The van der Waals surface area contributed by atoms with Crippen molar-refractivity contribution >= 4 is 63.8 Å². The number of allylic oxidation sites excluding steroid dienone is 1. The van der Waals surface area contributed by atoms with Crippen LogP contribution >= 0.6 is 23.1 Å². The first-order valence-corrected chi connectivity index (χ1v) is 13.8. The van der Waals surface area contributed by atoms with Gasteiger partial charge in [0.2, 0.25) is 6.79 Å². The lowest BCUT2D eigenvalue weighted by Gasteiger charge is -2.49. The summed E-state index contributed by atoms with van der Waals surface area (Å²) in [5, 5.41) is 15.9. The van der Waals surface area contributed by atoms with Gasteiger partial charge in [-0.1, -0.05) is 23.4 Å². The number of carbonyl (C=O) groups is 4. The first kappa shape index (κ1) is 28.8. The van der Waals surface area contributed by atoms with Gasteiger partial charge < -0.3 is 25.7 Å². The number of nitrogens with two attached hydrogens (primary N) is 1. The predicted molar refractivity (Wildman–Crippen MR) is 147 cm³/mol. The standard InChI is InChI=1S/C25H26N6O7S2/c1-25(2,3)23(35)38-12-37-22(34)18-14(7-6-13-5-4-8-27-9-13)10-39-21-17(20(33)31(18)21)29-19(32)16(30-36)15-11-40-24(26)28-15/h4-9,11,17,21,36H,10,12H2,1-3H3,(H2,26,28)(H,29,32)/b7-6-,30-16?/t17-,21-/m1/s1. The number of oxime groups is 1. The van der Waals surface area contributed by atoms with Crippen molar-refractivity contribution in [3.05, 3.63) is 58.5 Å². The van der Waals surface area contributed by atoms with Crippen LogP contribution in [0.25, 0.3) is 6.08 Å². The molecule has 2 aromatic heterocycles. The maximum absolute atomic E-state index is 13.2. The number of hydrogen-bond donors (Lipinski definition) is 3. The van der Waals surface area contributed by atoms with Crippen LogP contribution in [0, 0.1) is 5.41 Å². The first-order chi connectivity index (χ1) is 19.0. The molecule has 4 rings (SSSR count). The maximum atomic E-state index is 13.2. The predicted octanol–water partition coefficient (Wildman–Crippen LogP) is 1.76. The topological polar surface area (TPSA) is 186 Å². The molecule has 2 amide bonds. The highest BCUT2D eigenvalue weighted by molar-refractivity contribution is 8.00. The van der Waals surface area contributed by atoms with Crippen LogP contribution in [-0.2, 0) is 28.7 Å². The van der Waals surface area contributed by atoms with E-state index in [4.69, 9.17) is 15.2 Å². The van der Waals surface area contributed by atoms with Crippen molar-refractivity contribution in [3.63, 3.8) is 0 Å². The highest BCUT2D eigenvalue weighted by Crippen LogP contribution is 2.41.